The second-order valence-corrected chi connectivity index (χ2v) is 5.32. The Hall–Kier alpha value is -1.57. The van der Waals surface area contributed by atoms with Gasteiger partial charge in [-0.15, -0.1) is 0 Å². The fourth-order valence-electron chi connectivity index (χ4n) is 2.52. The molecule has 0 spiro atoms. The first-order chi connectivity index (χ1) is 8.40. The molecule has 18 heavy (non-hydrogen) atoms. The van der Waals surface area contributed by atoms with E-state index in [2.05, 4.69) is 56.5 Å². The molecule has 0 unspecified atom stereocenters. The molecule has 1 aromatic carbocycles. The highest BCUT2D eigenvalue weighted by molar-refractivity contribution is 5.44. The van der Waals surface area contributed by atoms with Crippen molar-refractivity contribution in [2.75, 3.05) is 0 Å². The number of hydrogen-bond donors (Lipinski definition) is 0. The summed E-state index contributed by atoms with van der Waals surface area (Å²) < 4.78 is 2.10. The number of aryl methyl sites for hydroxylation is 4. The lowest BCUT2D eigenvalue weighted by Gasteiger charge is -2.16. The molecule has 2 nitrogen and oxygen atoms in total. The molecule has 1 heterocycles. The van der Waals surface area contributed by atoms with Crippen molar-refractivity contribution in [2.45, 2.75) is 48.1 Å². The molecular formula is C16H22N2. The van der Waals surface area contributed by atoms with Gasteiger partial charge >= 0.3 is 0 Å². The molecule has 1 aromatic heterocycles. The van der Waals surface area contributed by atoms with Crippen LogP contribution < -0.4 is 0 Å². The maximum absolute atomic E-state index is 4.56. The van der Waals surface area contributed by atoms with Crippen LogP contribution in [-0.4, -0.2) is 9.78 Å². The molecular weight excluding hydrogens is 220 g/mol. The van der Waals surface area contributed by atoms with Crippen molar-refractivity contribution in [2.24, 2.45) is 0 Å². The lowest BCUT2D eigenvalue weighted by molar-refractivity contribution is 0.653. The molecule has 0 bridgehead atoms. The van der Waals surface area contributed by atoms with Crippen LogP contribution in [0.25, 0.3) is 0 Å². The molecule has 0 radical (unpaired) electrons. The SMILES string of the molecule is Cc1cc(C)n(Cc2c(C)c(C)cc(C)c2C)n1. The first-order valence-corrected chi connectivity index (χ1v) is 6.47. The number of nitrogens with zero attached hydrogens (tertiary/aromatic N) is 2. The van der Waals surface area contributed by atoms with Gasteiger partial charge in [0.1, 0.15) is 0 Å². The maximum atomic E-state index is 4.56. The Kier molecular flexibility index (Phi) is 3.29. The Morgan fingerprint density at radius 3 is 1.89 bits per heavy atom. The van der Waals surface area contributed by atoms with Crippen LogP contribution in [0, 0.1) is 41.5 Å². The van der Waals surface area contributed by atoms with Crippen molar-refractivity contribution in [3.05, 3.63) is 51.3 Å². The second-order valence-electron chi connectivity index (χ2n) is 5.32. The number of benzene rings is 1. The minimum Gasteiger partial charge on any atom is -0.265 e. The molecule has 0 aliphatic rings. The summed E-state index contributed by atoms with van der Waals surface area (Å²) in [5, 5.41) is 4.56. The van der Waals surface area contributed by atoms with E-state index in [9.17, 15) is 0 Å². The molecule has 0 aliphatic heterocycles. The van der Waals surface area contributed by atoms with Crippen LogP contribution in [0.1, 0.15) is 39.2 Å². The van der Waals surface area contributed by atoms with E-state index in [-0.39, 0.29) is 0 Å². The maximum Gasteiger partial charge on any atom is 0.0667 e. The van der Waals surface area contributed by atoms with Gasteiger partial charge in [0, 0.05) is 5.69 Å². The van der Waals surface area contributed by atoms with Gasteiger partial charge < -0.3 is 0 Å². The van der Waals surface area contributed by atoms with Crippen LogP contribution >= 0.6 is 0 Å². The quantitative estimate of drug-likeness (QED) is 0.783. The Morgan fingerprint density at radius 2 is 1.44 bits per heavy atom. The fraction of sp³-hybridized carbons (Fsp3) is 0.438. The highest BCUT2D eigenvalue weighted by atomic mass is 15.3. The third-order valence-electron chi connectivity index (χ3n) is 3.93. The Morgan fingerprint density at radius 1 is 0.889 bits per heavy atom. The molecule has 96 valence electrons. The Balaban J connectivity index is 2.49. The average Bonchev–Trinajstić information content (AvgIpc) is 2.61. The summed E-state index contributed by atoms with van der Waals surface area (Å²) >= 11 is 0. The van der Waals surface area contributed by atoms with Crippen LogP contribution in [0.15, 0.2) is 12.1 Å². The summed E-state index contributed by atoms with van der Waals surface area (Å²) in [6, 6.07) is 4.41. The number of rotatable bonds is 2. The van der Waals surface area contributed by atoms with Crippen molar-refractivity contribution in [3.8, 4) is 0 Å². The first-order valence-electron chi connectivity index (χ1n) is 6.47. The average molecular weight is 242 g/mol. The third-order valence-corrected chi connectivity index (χ3v) is 3.93. The summed E-state index contributed by atoms with van der Waals surface area (Å²) in [6.45, 7) is 13.8. The van der Waals surface area contributed by atoms with Crippen LogP contribution in [0.4, 0.5) is 0 Å². The third kappa shape index (κ3) is 2.20. The Labute approximate surface area is 110 Å². The van der Waals surface area contributed by atoms with Gasteiger partial charge in [-0.25, -0.2) is 0 Å². The monoisotopic (exact) mass is 242 g/mol. The molecule has 0 aliphatic carbocycles. The van der Waals surface area contributed by atoms with Crippen molar-refractivity contribution >= 4 is 0 Å². The van der Waals surface area contributed by atoms with E-state index in [1.165, 1.54) is 33.5 Å². The fourth-order valence-corrected chi connectivity index (χ4v) is 2.52. The molecule has 2 aromatic rings. The summed E-state index contributed by atoms with van der Waals surface area (Å²) in [6.07, 6.45) is 0. The summed E-state index contributed by atoms with van der Waals surface area (Å²) in [4.78, 5) is 0. The molecule has 2 heteroatoms. The van der Waals surface area contributed by atoms with E-state index >= 15 is 0 Å². The molecule has 0 saturated carbocycles. The standard InChI is InChI=1S/C16H22N2/c1-10-7-11(2)15(6)16(14(10)5)9-18-13(4)8-12(3)17-18/h7-8H,9H2,1-6H3. The number of aromatic nitrogens is 2. The zero-order valence-electron chi connectivity index (χ0n) is 12.3. The summed E-state index contributed by atoms with van der Waals surface area (Å²) in [5.41, 5.74) is 9.26. The van der Waals surface area contributed by atoms with Crippen LogP contribution in [0.3, 0.4) is 0 Å². The minimum atomic E-state index is 0.875. The van der Waals surface area contributed by atoms with Gasteiger partial charge in [0.05, 0.1) is 12.2 Å². The van der Waals surface area contributed by atoms with Crippen molar-refractivity contribution < 1.29 is 0 Å². The van der Waals surface area contributed by atoms with E-state index in [0.717, 1.165) is 12.2 Å². The van der Waals surface area contributed by atoms with E-state index in [1.54, 1.807) is 0 Å². The van der Waals surface area contributed by atoms with Gasteiger partial charge in [0.15, 0.2) is 0 Å². The van der Waals surface area contributed by atoms with Crippen LogP contribution in [0.5, 0.6) is 0 Å². The summed E-state index contributed by atoms with van der Waals surface area (Å²) in [7, 11) is 0. The van der Waals surface area contributed by atoms with Gasteiger partial charge in [-0.05, 0) is 75.4 Å². The van der Waals surface area contributed by atoms with Crippen LogP contribution in [-0.2, 0) is 6.54 Å². The second kappa shape index (κ2) is 4.60. The van der Waals surface area contributed by atoms with Gasteiger partial charge in [-0.3, -0.25) is 4.68 Å². The highest BCUT2D eigenvalue weighted by Gasteiger charge is 2.10. The Bertz CT molecular complexity index is 565. The molecule has 0 N–H and O–H groups in total. The van der Waals surface area contributed by atoms with E-state index < -0.39 is 0 Å². The zero-order chi connectivity index (χ0) is 13.4. The normalized spacial score (nSPS) is 11.0. The molecule has 2 rings (SSSR count). The predicted molar refractivity (Wildman–Crippen MR) is 76.2 cm³/mol. The topological polar surface area (TPSA) is 17.8 Å². The molecule has 0 saturated heterocycles. The van der Waals surface area contributed by atoms with Gasteiger partial charge in [-0.2, -0.15) is 5.10 Å². The van der Waals surface area contributed by atoms with Crippen LogP contribution in [0.2, 0.25) is 0 Å². The summed E-state index contributed by atoms with van der Waals surface area (Å²) in [5.74, 6) is 0. The molecule has 0 amide bonds. The van der Waals surface area contributed by atoms with E-state index in [1.807, 2.05) is 6.92 Å². The highest BCUT2D eigenvalue weighted by Crippen LogP contribution is 2.22. The van der Waals surface area contributed by atoms with E-state index in [4.69, 9.17) is 0 Å². The lowest BCUT2D eigenvalue weighted by atomic mass is 9.94. The van der Waals surface area contributed by atoms with Gasteiger partial charge in [-0.1, -0.05) is 6.07 Å². The van der Waals surface area contributed by atoms with Crippen molar-refractivity contribution in [1.29, 1.82) is 0 Å². The van der Waals surface area contributed by atoms with Crippen molar-refractivity contribution in [3.63, 3.8) is 0 Å². The number of hydrogen-bond acceptors (Lipinski definition) is 1. The lowest BCUT2D eigenvalue weighted by Crippen LogP contribution is -2.09. The molecule has 0 atom stereocenters. The molecule has 0 fully saturated rings. The first kappa shape index (κ1) is 12.9. The van der Waals surface area contributed by atoms with Gasteiger partial charge in [0.25, 0.3) is 0 Å². The van der Waals surface area contributed by atoms with Gasteiger partial charge in [0.2, 0.25) is 0 Å². The minimum absolute atomic E-state index is 0.875. The predicted octanol–water partition coefficient (Wildman–Crippen LogP) is 3.78. The van der Waals surface area contributed by atoms with E-state index in [0.29, 0.717) is 0 Å². The van der Waals surface area contributed by atoms with Crippen molar-refractivity contribution in [1.82, 2.24) is 9.78 Å². The smallest absolute Gasteiger partial charge is 0.0667 e. The zero-order valence-corrected chi connectivity index (χ0v) is 12.3. The largest absolute Gasteiger partial charge is 0.265 e.